The zero-order chi connectivity index (χ0) is 21.5. The van der Waals surface area contributed by atoms with Crippen LogP contribution < -0.4 is 14.2 Å². The van der Waals surface area contributed by atoms with Gasteiger partial charge in [0.15, 0.2) is 17.3 Å². The van der Waals surface area contributed by atoms with Gasteiger partial charge >= 0.3 is 0 Å². The van der Waals surface area contributed by atoms with Gasteiger partial charge in [-0.1, -0.05) is 48.5 Å². The van der Waals surface area contributed by atoms with E-state index in [2.05, 4.69) is 31.2 Å². The molecule has 4 heteroatoms. The molecule has 0 amide bonds. The van der Waals surface area contributed by atoms with E-state index in [4.69, 9.17) is 14.2 Å². The maximum Gasteiger partial charge on any atom is 0.170 e. The number of rotatable bonds is 4. The molecule has 3 aromatic carbocycles. The van der Waals surface area contributed by atoms with E-state index in [1.165, 1.54) is 5.56 Å². The highest BCUT2D eigenvalue weighted by Crippen LogP contribution is 2.53. The van der Waals surface area contributed by atoms with Crippen molar-refractivity contribution in [3.63, 3.8) is 0 Å². The SMILES string of the molecule is COc1cc2c(cc1OC)[C@@H](C(=O)c1ccccc1)[C@@H]1COc3c(C)cccc3[C@H]2C1. The summed E-state index contributed by atoms with van der Waals surface area (Å²) in [4.78, 5) is 13.7. The molecule has 3 aromatic rings. The Morgan fingerprint density at radius 3 is 2.32 bits per heavy atom. The number of hydrogen-bond acceptors (Lipinski definition) is 4. The number of ether oxygens (including phenoxy) is 3. The van der Waals surface area contributed by atoms with E-state index < -0.39 is 0 Å². The van der Waals surface area contributed by atoms with E-state index >= 15 is 0 Å². The van der Waals surface area contributed by atoms with Crippen molar-refractivity contribution in [1.82, 2.24) is 0 Å². The Kier molecular flexibility index (Phi) is 4.93. The van der Waals surface area contributed by atoms with Gasteiger partial charge in [-0.2, -0.15) is 0 Å². The molecule has 0 fully saturated rings. The summed E-state index contributed by atoms with van der Waals surface area (Å²) in [5, 5.41) is 0. The van der Waals surface area contributed by atoms with E-state index in [0.717, 1.165) is 34.4 Å². The summed E-state index contributed by atoms with van der Waals surface area (Å²) in [6.45, 7) is 2.60. The van der Waals surface area contributed by atoms with Crippen LogP contribution in [-0.4, -0.2) is 26.6 Å². The molecule has 31 heavy (non-hydrogen) atoms. The topological polar surface area (TPSA) is 44.8 Å². The van der Waals surface area contributed by atoms with Crippen LogP contribution in [-0.2, 0) is 0 Å². The van der Waals surface area contributed by atoms with Crippen molar-refractivity contribution < 1.29 is 19.0 Å². The first kappa shape index (κ1) is 19.7. The molecular weight excluding hydrogens is 388 g/mol. The van der Waals surface area contributed by atoms with E-state index in [-0.39, 0.29) is 23.5 Å². The highest BCUT2D eigenvalue weighted by atomic mass is 16.5. The number of benzene rings is 3. The summed E-state index contributed by atoms with van der Waals surface area (Å²) in [5.74, 6) is 2.35. The van der Waals surface area contributed by atoms with Gasteiger partial charge in [0, 0.05) is 23.0 Å². The number of aryl methyl sites for hydroxylation is 1. The van der Waals surface area contributed by atoms with Crippen LogP contribution in [0.3, 0.4) is 0 Å². The summed E-state index contributed by atoms with van der Waals surface area (Å²) >= 11 is 0. The third-order valence-corrected chi connectivity index (χ3v) is 6.71. The zero-order valence-corrected chi connectivity index (χ0v) is 18.1. The van der Waals surface area contributed by atoms with Crippen molar-refractivity contribution in [2.24, 2.45) is 5.92 Å². The van der Waals surface area contributed by atoms with Crippen LogP contribution in [0.4, 0.5) is 0 Å². The number of methoxy groups -OCH3 is 2. The van der Waals surface area contributed by atoms with Crippen LogP contribution >= 0.6 is 0 Å². The van der Waals surface area contributed by atoms with Crippen molar-refractivity contribution >= 4 is 5.78 Å². The molecule has 3 atom stereocenters. The lowest BCUT2D eigenvalue weighted by molar-refractivity contribution is 0.0891. The van der Waals surface area contributed by atoms with Crippen LogP contribution in [0.2, 0.25) is 0 Å². The average Bonchev–Trinajstić information content (AvgIpc) is 2.98. The summed E-state index contributed by atoms with van der Waals surface area (Å²) in [6, 6.07) is 19.9. The van der Waals surface area contributed by atoms with E-state index in [0.29, 0.717) is 18.1 Å². The fraction of sp³-hybridized carbons (Fsp3) is 0.296. The molecule has 1 aliphatic carbocycles. The van der Waals surface area contributed by atoms with Gasteiger partial charge in [-0.25, -0.2) is 0 Å². The first-order chi connectivity index (χ1) is 15.1. The molecular formula is C27H26O4. The predicted molar refractivity (Wildman–Crippen MR) is 120 cm³/mol. The Labute approximate surface area is 182 Å². The lowest BCUT2D eigenvalue weighted by atomic mass is 9.66. The van der Waals surface area contributed by atoms with Crippen LogP contribution in [0, 0.1) is 12.8 Å². The Balaban J connectivity index is 1.73. The number of Topliss-reactive ketones (excluding diaryl/α,β-unsaturated/α-hetero) is 1. The van der Waals surface area contributed by atoms with Gasteiger partial charge in [0.2, 0.25) is 0 Å². The van der Waals surface area contributed by atoms with E-state index in [1.54, 1.807) is 14.2 Å². The van der Waals surface area contributed by atoms with E-state index in [9.17, 15) is 4.79 Å². The zero-order valence-electron chi connectivity index (χ0n) is 18.1. The van der Waals surface area contributed by atoms with Gasteiger partial charge in [-0.3, -0.25) is 4.79 Å². The molecule has 1 aliphatic heterocycles. The number of para-hydroxylation sites is 1. The molecule has 2 aliphatic rings. The quantitative estimate of drug-likeness (QED) is 0.527. The fourth-order valence-electron chi connectivity index (χ4n) is 5.23. The Morgan fingerprint density at radius 2 is 1.61 bits per heavy atom. The summed E-state index contributed by atoms with van der Waals surface area (Å²) in [5.41, 5.74) is 5.18. The second-order valence-electron chi connectivity index (χ2n) is 8.40. The molecule has 0 saturated heterocycles. The number of carbonyl (C=O) groups is 1. The summed E-state index contributed by atoms with van der Waals surface area (Å²) in [6.07, 6.45) is 0.863. The third-order valence-electron chi connectivity index (χ3n) is 6.71. The molecule has 5 rings (SSSR count). The number of fused-ring (bicyclic) bond motifs is 6. The van der Waals surface area contributed by atoms with Gasteiger partial charge in [0.1, 0.15) is 5.75 Å². The molecule has 0 unspecified atom stereocenters. The van der Waals surface area contributed by atoms with Crippen LogP contribution in [0.5, 0.6) is 17.2 Å². The Morgan fingerprint density at radius 1 is 0.903 bits per heavy atom. The smallest absolute Gasteiger partial charge is 0.170 e. The average molecular weight is 415 g/mol. The van der Waals surface area contributed by atoms with Crippen molar-refractivity contribution in [2.75, 3.05) is 20.8 Å². The molecule has 1 heterocycles. The molecule has 0 N–H and O–H groups in total. The Bertz CT molecular complexity index is 1140. The number of ketones is 1. The van der Waals surface area contributed by atoms with Crippen molar-refractivity contribution in [1.29, 1.82) is 0 Å². The highest BCUT2D eigenvalue weighted by molar-refractivity contribution is 6.01. The molecule has 0 aromatic heterocycles. The van der Waals surface area contributed by atoms with Gasteiger partial charge in [-0.15, -0.1) is 0 Å². The minimum absolute atomic E-state index is 0.0788. The number of hydrogen-bond donors (Lipinski definition) is 0. The molecule has 158 valence electrons. The molecule has 0 spiro atoms. The number of carbonyl (C=O) groups excluding carboxylic acids is 1. The second-order valence-corrected chi connectivity index (χ2v) is 8.40. The predicted octanol–water partition coefficient (Wildman–Crippen LogP) is 5.52. The van der Waals surface area contributed by atoms with Crippen LogP contribution in [0.25, 0.3) is 0 Å². The summed E-state index contributed by atoms with van der Waals surface area (Å²) in [7, 11) is 3.28. The minimum Gasteiger partial charge on any atom is -0.493 e. The first-order valence-corrected chi connectivity index (χ1v) is 10.7. The van der Waals surface area contributed by atoms with Crippen molar-refractivity contribution in [3.05, 3.63) is 88.5 Å². The second kappa shape index (κ2) is 7.77. The largest absolute Gasteiger partial charge is 0.493 e. The molecule has 2 bridgehead atoms. The maximum absolute atomic E-state index is 13.7. The standard InChI is InChI=1S/C27H26O4/c1-16-8-7-11-19-20-12-18(15-31-27(16)19)25(26(28)17-9-5-4-6-10-17)22-14-24(30-3)23(29-2)13-21(20)22/h4-11,13-14,18,20,25H,12,15H2,1-3H3/t18-,20+,25-/m0/s1. The Hall–Kier alpha value is -3.27. The van der Waals surface area contributed by atoms with Crippen molar-refractivity contribution in [3.8, 4) is 17.2 Å². The van der Waals surface area contributed by atoms with Gasteiger partial charge in [0.05, 0.1) is 26.7 Å². The third kappa shape index (κ3) is 3.18. The monoisotopic (exact) mass is 414 g/mol. The van der Waals surface area contributed by atoms with Crippen LogP contribution in [0.15, 0.2) is 60.7 Å². The van der Waals surface area contributed by atoms with E-state index in [1.807, 2.05) is 36.4 Å². The minimum atomic E-state index is -0.289. The van der Waals surface area contributed by atoms with Gasteiger partial charge < -0.3 is 14.2 Å². The lowest BCUT2D eigenvalue weighted by Crippen LogP contribution is -2.32. The molecule has 0 radical (unpaired) electrons. The normalized spacial score (nSPS) is 21.2. The fourth-order valence-corrected chi connectivity index (χ4v) is 5.23. The molecule has 0 saturated carbocycles. The molecule has 4 nitrogen and oxygen atoms in total. The van der Waals surface area contributed by atoms with Crippen molar-refractivity contribution in [2.45, 2.75) is 25.2 Å². The van der Waals surface area contributed by atoms with Crippen LogP contribution in [0.1, 0.15) is 50.9 Å². The highest BCUT2D eigenvalue weighted by Gasteiger charge is 2.43. The lowest BCUT2D eigenvalue weighted by Gasteiger charge is -2.36. The summed E-state index contributed by atoms with van der Waals surface area (Å²) < 4.78 is 17.6. The van der Waals surface area contributed by atoms with Gasteiger partial charge in [0.25, 0.3) is 0 Å². The maximum atomic E-state index is 13.7. The van der Waals surface area contributed by atoms with Gasteiger partial charge in [-0.05, 0) is 42.2 Å². The first-order valence-electron chi connectivity index (χ1n) is 10.7.